The molecule has 0 amide bonds. The second kappa shape index (κ2) is 5.84. The van der Waals surface area contributed by atoms with E-state index in [0.717, 1.165) is 17.5 Å². The van der Waals surface area contributed by atoms with E-state index in [9.17, 15) is 14.6 Å². The van der Waals surface area contributed by atoms with Gasteiger partial charge in [0.05, 0.1) is 18.3 Å². The lowest BCUT2D eigenvalue weighted by atomic mass is 9.99. The Labute approximate surface area is 123 Å². The Morgan fingerprint density at radius 2 is 1.86 bits per heavy atom. The average molecular weight is 287 g/mol. The number of para-hydroxylation sites is 1. The van der Waals surface area contributed by atoms with E-state index in [1.165, 1.54) is 6.07 Å². The van der Waals surface area contributed by atoms with Crippen molar-refractivity contribution in [3.05, 3.63) is 65.5 Å². The van der Waals surface area contributed by atoms with Gasteiger partial charge in [-0.05, 0) is 23.6 Å². The van der Waals surface area contributed by atoms with Crippen LogP contribution in [0.25, 0.3) is 0 Å². The van der Waals surface area contributed by atoms with E-state index in [1.54, 1.807) is 6.07 Å². The fraction of sp³-hybridized carbons (Fsp3) is 0.294. The molecule has 0 saturated heterocycles. The van der Waals surface area contributed by atoms with Gasteiger partial charge in [-0.1, -0.05) is 42.5 Å². The quantitative estimate of drug-likeness (QED) is 0.906. The second-order valence-corrected chi connectivity index (χ2v) is 5.30. The number of benzene rings is 2. The van der Waals surface area contributed by atoms with Gasteiger partial charge in [0.25, 0.3) is 0 Å². The van der Waals surface area contributed by atoms with E-state index in [-0.39, 0.29) is 12.4 Å². The van der Waals surface area contributed by atoms with Crippen LogP contribution in [-0.4, -0.2) is 29.5 Å². The molecule has 0 aliphatic carbocycles. The van der Waals surface area contributed by atoms with Crippen molar-refractivity contribution in [3.63, 3.8) is 0 Å². The summed E-state index contributed by atoms with van der Waals surface area (Å²) in [6, 6.07) is 14.0. The number of halogens is 1. The summed E-state index contributed by atoms with van der Waals surface area (Å²) in [6.45, 7) is 0.271. The maximum atomic E-state index is 14.2. The SMILES string of the molecule is OCC(O)C(c1ccccc1)N1CCc2cccc(F)c21. The minimum absolute atomic E-state index is 0.281. The second-order valence-electron chi connectivity index (χ2n) is 5.30. The number of anilines is 1. The Morgan fingerprint density at radius 1 is 1.10 bits per heavy atom. The third-order valence-corrected chi connectivity index (χ3v) is 4.01. The summed E-state index contributed by atoms with van der Waals surface area (Å²) in [5.41, 5.74) is 2.36. The van der Waals surface area contributed by atoms with E-state index in [2.05, 4.69) is 0 Å². The van der Waals surface area contributed by atoms with E-state index < -0.39 is 12.1 Å². The minimum Gasteiger partial charge on any atom is -0.394 e. The number of fused-ring (bicyclic) bond motifs is 1. The maximum absolute atomic E-state index is 14.2. The van der Waals surface area contributed by atoms with Gasteiger partial charge in [0.15, 0.2) is 0 Å². The highest BCUT2D eigenvalue weighted by Gasteiger charge is 2.33. The molecule has 21 heavy (non-hydrogen) atoms. The van der Waals surface area contributed by atoms with Gasteiger partial charge in [0.1, 0.15) is 11.9 Å². The molecule has 0 radical (unpaired) electrons. The fourth-order valence-corrected chi connectivity index (χ4v) is 3.07. The van der Waals surface area contributed by atoms with E-state index in [4.69, 9.17) is 0 Å². The van der Waals surface area contributed by atoms with Crippen LogP contribution in [0.5, 0.6) is 0 Å². The van der Waals surface area contributed by atoms with Crippen LogP contribution < -0.4 is 4.90 Å². The summed E-state index contributed by atoms with van der Waals surface area (Å²) >= 11 is 0. The van der Waals surface area contributed by atoms with Crippen LogP contribution in [0, 0.1) is 5.82 Å². The molecule has 110 valence electrons. The number of hydrogen-bond donors (Lipinski definition) is 2. The molecule has 2 aromatic carbocycles. The Balaban J connectivity index is 2.04. The number of rotatable bonds is 4. The zero-order valence-electron chi connectivity index (χ0n) is 11.6. The van der Waals surface area contributed by atoms with Crippen molar-refractivity contribution in [2.24, 2.45) is 0 Å². The van der Waals surface area contributed by atoms with Crippen molar-refractivity contribution in [2.45, 2.75) is 18.6 Å². The first-order chi connectivity index (χ1) is 10.2. The molecule has 3 nitrogen and oxygen atoms in total. The lowest BCUT2D eigenvalue weighted by Crippen LogP contribution is -2.37. The molecule has 2 atom stereocenters. The fourth-order valence-electron chi connectivity index (χ4n) is 3.07. The van der Waals surface area contributed by atoms with Gasteiger partial charge in [-0.15, -0.1) is 0 Å². The van der Waals surface area contributed by atoms with Crippen LogP contribution in [0.15, 0.2) is 48.5 Å². The Kier molecular flexibility index (Phi) is 3.90. The van der Waals surface area contributed by atoms with Crippen LogP contribution in [-0.2, 0) is 6.42 Å². The van der Waals surface area contributed by atoms with Gasteiger partial charge in [0.2, 0.25) is 0 Å². The van der Waals surface area contributed by atoms with Crippen molar-refractivity contribution >= 4 is 5.69 Å². The van der Waals surface area contributed by atoms with Crippen molar-refractivity contribution in [1.29, 1.82) is 0 Å². The maximum Gasteiger partial charge on any atom is 0.146 e. The molecule has 0 bridgehead atoms. The predicted octanol–water partition coefficient (Wildman–Crippen LogP) is 2.28. The molecule has 0 fully saturated rings. The first kappa shape index (κ1) is 14.0. The minimum atomic E-state index is -0.960. The molecule has 1 heterocycles. The summed E-state index contributed by atoms with van der Waals surface area (Å²) in [5, 5.41) is 19.6. The highest BCUT2D eigenvalue weighted by Crippen LogP contribution is 2.38. The zero-order chi connectivity index (χ0) is 14.8. The number of aliphatic hydroxyl groups excluding tert-OH is 2. The van der Waals surface area contributed by atoms with Crippen molar-refractivity contribution in [2.75, 3.05) is 18.1 Å². The standard InChI is InChI=1S/C17H18FNO2/c18-14-8-4-7-13-9-10-19(16(13)14)17(15(21)11-20)12-5-2-1-3-6-12/h1-8,15,17,20-21H,9-11H2. The molecule has 2 N–H and O–H groups in total. The third-order valence-electron chi connectivity index (χ3n) is 4.01. The smallest absolute Gasteiger partial charge is 0.146 e. The number of aliphatic hydroxyl groups is 2. The molecule has 1 aliphatic rings. The summed E-state index contributed by atoms with van der Waals surface area (Å²) in [6.07, 6.45) is -0.216. The number of nitrogens with zero attached hydrogens (tertiary/aromatic N) is 1. The molecular formula is C17H18FNO2. The van der Waals surface area contributed by atoms with Gasteiger partial charge in [-0.25, -0.2) is 4.39 Å². The highest BCUT2D eigenvalue weighted by molar-refractivity contribution is 5.60. The molecule has 4 heteroatoms. The summed E-state index contributed by atoms with van der Waals surface area (Å²) in [4.78, 5) is 1.86. The van der Waals surface area contributed by atoms with Gasteiger partial charge in [-0.2, -0.15) is 0 Å². The van der Waals surface area contributed by atoms with Crippen LogP contribution in [0.4, 0.5) is 10.1 Å². The summed E-state index contributed by atoms with van der Waals surface area (Å²) in [5.74, 6) is -0.281. The molecule has 3 rings (SSSR count). The van der Waals surface area contributed by atoms with Crippen molar-refractivity contribution in [1.82, 2.24) is 0 Å². The van der Waals surface area contributed by atoms with Gasteiger partial charge >= 0.3 is 0 Å². The Hall–Kier alpha value is -1.91. The van der Waals surface area contributed by atoms with Crippen LogP contribution in [0.2, 0.25) is 0 Å². The first-order valence-corrected chi connectivity index (χ1v) is 7.10. The Morgan fingerprint density at radius 3 is 2.57 bits per heavy atom. The summed E-state index contributed by atoms with van der Waals surface area (Å²) < 4.78 is 14.2. The molecular weight excluding hydrogens is 269 g/mol. The monoisotopic (exact) mass is 287 g/mol. The molecule has 0 saturated carbocycles. The molecule has 1 aliphatic heterocycles. The molecule has 2 unspecified atom stereocenters. The van der Waals surface area contributed by atoms with E-state index >= 15 is 0 Å². The lowest BCUT2D eigenvalue weighted by Gasteiger charge is -2.33. The lowest BCUT2D eigenvalue weighted by molar-refractivity contribution is 0.0716. The van der Waals surface area contributed by atoms with Crippen molar-refractivity contribution < 1.29 is 14.6 Å². The van der Waals surface area contributed by atoms with Crippen LogP contribution >= 0.6 is 0 Å². The molecule has 0 aromatic heterocycles. The molecule has 2 aromatic rings. The predicted molar refractivity (Wildman–Crippen MR) is 79.7 cm³/mol. The molecule has 0 spiro atoms. The van der Waals surface area contributed by atoms with Crippen molar-refractivity contribution in [3.8, 4) is 0 Å². The van der Waals surface area contributed by atoms with Crippen LogP contribution in [0.3, 0.4) is 0 Å². The highest BCUT2D eigenvalue weighted by atomic mass is 19.1. The normalized spacial score (nSPS) is 16.6. The third kappa shape index (κ3) is 2.52. The van der Waals surface area contributed by atoms with Crippen LogP contribution in [0.1, 0.15) is 17.2 Å². The largest absolute Gasteiger partial charge is 0.394 e. The van der Waals surface area contributed by atoms with E-state index in [1.807, 2.05) is 41.3 Å². The van der Waals surface area contributed by atoms with Gasteiger partial charge < -0.3 is 15.1 Å². The average Bonchev–Trinajstić information content (AvgIpc) is 2.94. The first-order valence-electron chi connectivity index (χ1n) is 7.10. The van der Waals surface area contributed by atoms with Gasteiger partial charge in [0, 0.05) is 6.54 Å². The summed E-state index contributed by atoms with van der Waals surface area (Å²) in [7, 11) is 0. The van der Waals surface area contributed by atoms with E-state index in [0.29, 0.717) is 12.2 Å². The Bertz CT molecular complexity index is 617. The topological polar surface area (TPSA) is 43.7 Å². The van der Waals surface area contributed by atoms with Gasteiger partial charge in [-0.3, -0.25) is 0 Å². The zero-order valence-corrected chi connectivity index (χ0v) is 11.6. The number of hydrogen-bond acceptors (Lipinski definition) is 3.